The summed E-state index contributed by atoms with van der Waals surface area (Å²) in [6, 6.07) is 2.63. The standard InChI is InChI=1S/C16H18F2N2S/c1-3-15-16(19-10(2)21-15)11-8-13(18)14(9-12(11)17)20-6-4-5-7-20/h8-9H,3-7H2,1-2H3. The van der Waals surface area contributed by atoms with Crippen LogP contribution in [0, 0.1) is 18.6 Å². The zero-order chi connectivity index (χ0) is 15.0. The van der Waals surface area contributed by atoms with Gasteiger partial charge in [-0.3, -0.25) is 0 Å². The van der Waals surface area contributed by atoms with E-state index in [0.29, 0.717) is 11.4 Å². The maximum absolute atomic E-state index is 14.5. The van der Waals surface area contributed by atoms with E-state index in [1.807, 2.05) is 18.7 Å². The van der Waals surface area contributed by atoms with Gasteiger partial charge in [-0.2, -0.15) is 0 Å². The number of benzene rings is 1. The largest absolute Gasteiger partial charge is 0.369 e. The number of thiazole rings is 1. The molecule has 2 heterocycles. The molecular weight excluding hydrogens is 290 g/mol. The first kappa shape index (κ1) is 14.4. The number of nitrogens with zero attached hydrogens (tertiary/aromatic N) is 2. The molecule has 0 atom stereocenters. The Morgan fingerprint density at radius 2 is 1.90 bits per heavy atom. The number of hydrogen-bond donors (Lipinski definition) is 0. The van der Waals surface area contributed by atoms with Crippen LogP contribution in [0.15, 0.2) is 12.1 Å². The van der Waals surface area contributed by atoms with Crippen molar-refractivity contribution in [3.05, 3.63) is 33.7 Å². The van der Waals surface area contributed by atoms with Crippen molar-refractivity contribution in [1.82, 2.24) is 4.98 Å². The van der Waals surface area contributed by atoms with Gasteiger partial charge in [0.1, 0.15) is 11.6 Å². The van der Waals surface area contributed by atoms with Crippen LogP contribution in [0.1, 0.15) is 29.7 Å². The van der Waals surface area contributed by atoms with E-state index in [1.165, 1.54) is 12.1 Å². The zero-order valence-electron chi connectivity index (χ0n) is 12.2. The lowest BCUT2D eigenvalue weighted by Crippen LogP contribution is -2.19. The predicted molar refractivity (Wildman–Crippen MR) is 83.0 cm³/mol. The molecule has 112 valence electrons. The summed E-state index contributed by atoms with van der Waals surface area (Å²) in [7, 11) is 0. The Morgan fingerprint density at radius 3 is 2.57 bits per heavy atom. The molecule has 1 saturated heterocycles. The third kappa shape index (κ3) is 2.67. The van der Waals surface area contributed by atoms with E-state index in [2.05, 4.69) is 4.98 Å². The summed E-state index contributed by atoms with van der Waals surface area (Å²) in [5.74, 6) is -0.751. The van der Waals surface area contributed by atoms with E-state index in [1.54, 1.807) is 11.3 Å². The van der Waals surface area contributed by atoms with E-state index < -0.39 is 5.82 Å². The molecule has 0 amide bonds. The second-order valence-electron chi connectivity index (χ2n) is 5.34. The monoisotopic (exact) mass is 308 g/mol. The minimum absolute atomic E-state index is 0.275. The van der Waals surface area contributed by atoms with Gasteiger partial charge in [-0.15, -0.1) is 11.3 Å². The van der Waals surface area contributed by atoms with E-state index in [-0.39, 0.29) is 11.4 Å². The molecule has 3 rings (SSSR count). The topological polar surface area (TPSA) is 16.1 Å². The van der Waals surface area contributed by atoms with Crippen LogP contribution in [-0.4, -0.2) is 18.1 Å². The Balaban J connectivity index is 2.05. The summed E-state index contributed by atoms with van der Waals surface area (Å²) in [5, 5.41) is 0.880. The van der Waals surface area contributed by atoms with Crippen LogP contribution in [0.4, 0.5) is 14.5 Å². The lowest BCUT2D eigenvalue weighted by Gasteiger charge is -2.19. The first-order valence-electron chi connectivity index (χ1n) is 7.30. The van der Waals surface area contributed by atoms with Gasteiger partial charge in [-0.1, -0.05) is 6.92 Å². The number of anilines is 1. The van der Waals surface area contributed by atoms with Crippen molar-refractivity contribution in [2.24, 2.45) is 0 Å². The van der Waals surface area contributed by atoms with Crippen molar-refractivity contribution in [3.8, 4) is 11.3 Å². The maximum atomic E-state index is 14.5. The number of hydrogen-bond acceptors (Lipinski definition) is 3. The summed E-state index contributed by atoms with van der Waals surface area (Å²) < 4.78 is 28.8. The van der Waals surface area contributed by atoms with Crippen molar-refractivity contribution >= 4 is 17.0 Å². The first-order valence-corrected chi connectivity index (χ1v) is 8.12. The molecule has 21 heavy (non-hydrogen) atoms. The fourth-order valence-corrected chi connectivity index (χ4v) is 3.73. The molecule has 1 aromatic heterocycles. The Kier molecular flexibility index (Phi) is 3.93. The first-order chi connectivity index (χ1) is 10.1. The van der Waals surface area contributed by atoms with Crippen molar-refractivity contribution in [3.63, 3.8) is 0 Å². The fraction of sp³-hybridized carbons (Fsp3) is 0.438. The second kappa shape index (κ2) is 5.72. The molecule has 0 spiro atoms. The van der Waals surface area contributed by atoms with Gasteiger partial charge in [0.25, 0.3) is 0 Å². The van der Waals surface area contributed by atoms with E-state index in [0.717, 1.165) is 42.2 Å². The number of aryl methyl sites for hydroxylation is 2. The Hall–Kier alpha value is -1.49. The Labute approximate surface area is 127 Å². The van der Waals surface area contributed by atoms with Crippen molar-refractivity contribution < 1.29 is 8.78 Å². The average Bonchev–Trinajstić information content (AvgIpc) is 3.10. The molecule has 0 N–H and O–H groups in total. The fourth-order valence-electron chi connectivity index (χ4n) is 2.84. The third-order valence-electron chi connectivity index (χ3n) is 3.86. The number of aromatic nitrogens is 1. The van der Waals surface area contributed by atoms with Crippen LogP contribution >= 0.6 is 11.3 Å². The van der Waals surface area contributed by atoms with Gasteiger partial charge in [-0.05, 0) is 32.3 Å². The maximum Gasteiger partial charge on any atom is 0.147 e. The van der Waals surface area contributed by atoms with Crippen LogP contribution in [0.3, 0.4) is 0 Å². The van der Waals surface area contributed by atoms with Crippen molar-refractivity contribution in [1.29, 1.82) is 0 Å². The summed E-state index contributed by atoms with van der Waals surface area (Å²) in [4.78, 5) is 7.29. The van der Waals surface area contributed by atoms with E-state index in [9.17, 15) is 8.78 Å². The average molecular weight is 308 g/mol. The molecule has 0 unspecified atom stereocenters. The predicted octanol–water partition coefficient (Wildman–Crippen LogP) is 4.56. The molecular formula is C16H18F2N2S. The highest BCUT2D eigenvalue weighted by molar-refractivity contribution is 7.12. The quantitative estimate of drug-likeness (QED) is 0.826. The number of halogens is 2. The summed E-state index contributed by atoms with van der Waals surface area (Å²) >= 11 is 1.54. The Bertz CT molecular complexity index is 661. The summed E-state index contributed by atoms with van der Waals surface area (Å²) in [5.41, 5.74) is 1.24. The summed E-state index contributed by atoms with van der Waals surface area (Å²) in [6.45, 7) is 5.49. The van der Waals surface area contributed by atoms with Crippen molar-refractivity contribution in [2.75, 3.05) is 18.0 Å². The smallest absolute Gasteiger partial charge is 0.147 e. The van der Waals surface area contributed by atoms with Gasteiger partial charge in [-0.25, -0.2) is 13.8 Å². The van der Waals surface area contributed by atoms with Gasteiger partial charge < -0.3 is 4.90 Å². The molecule has 5 heteroatoms. The minimum atomic E-state index is -0.390. The second-order valence-corrected chi connectivity index (χ2v) is 6.62. The molecule has 2 aromatic rings. The van der Waals surface area contributed by atoms with Crippen LogP contribution in [0.25, 0.3) is 11.3 Å². The van der Waals surface area contributed by atoms with E-state index >= 15 is 0 Å². The van der Waals surface area contributed by atoms with E-state index in [4.69, 9.17) is 0 Å². The summed E-state index contributed by atoms with van der Waals surface area (Å²) in [6.07, 6.45) is 2.85. The van der Waals surface area contributed by atoms with Crippen LogP contribution < -0.4 is 4.90 Å². The highest BCUT2D eigenvalue weighted by atomic mass is 32.1. The molecule has 0 radical (unpaired) electrons. The molecule has 0 aliphatic carbocycles. The van der Waals surface area contributed by atoms with Crippen LogP contribution in [-0.2, 0) is 6.42 Å². The Morgan fingerprint density at radius 1 is 1.19 bits per heavy atom. The molecule has 1 aliphatic rings. The molecule has 2 nitrogen and oxygen atoms in total. The zero-order valence-corrected chi connectivity index (χ0v) is 13.1. The van der Waals surface area contributed by atoms with Gasteiger partial charge in [0.15, 0.2) is 0 Å². The van der Waals surface area contributed by atoms with Gasteiger partial charge in [0, 0.05) is 29.6 Å². The molecule has 1 aromatic carbocycles. The SMILES string of the molecule is CCc1sc(C)nc1-c1cc(F)c(N2CCCC2)cc1F. The molecule has 1 fully saturated rings. The van der Waals surface area contributed by atoms with Gasteiger partial charge in [0.05, 0.1) is 16.4 Å². The lowest BCUT2D eigenvalue weighted by molar-refractivity contribution is 0.599. The highest BCUT2D eigenvalue weighted by Gasteiger charge is 2.21. The van der Waals surface area contributed by atoms with Crippen LogP contribution in [0.5, 0.6) is 0 Å². The lowest BCUT2D eigenvalue weighted by atomic mass is 10.1. The molecule has 0 saturated carbocycles. The molecule has 1 aliphatic heterocycles. The normalized spacial score (nSPS) is 15.0. The molecule has 0 bridgehead atoms. The van der Waals surface area contributed by atoms with Crippen LogP contribution in [0.2, 0.25) is 0 Å². The number of rotatable bonds is 3. The van der Waals surface area contributed by atoms with Gasteiger partial charge in [0.2, 0.25) is 0 Å². The van der Waals surface area contributed by atoms with Gasteiger partial charge >= 0.3 is 0 Å². The minimum Gasteiger partial charge on any atom is -0.369 e. The highest BCUT2D eigenvalue weighted by Crippen LogP contribution is 2.34. The van der Waals surface area contributed by atoms with Crippen molar-refractivity contribution in [2.45, 2.75) is 33.1 Å². The third-order valence-corrected chi connectivity index (χ3v) is 4.98.